The molecule has 106 valence electrons. The van der Waals surface area contributed by atoms with Crippen molar-refractivity contribution < 1.29 is 9.18 Å². The van der Waals surface area contributed by atoms with Crippen LogP contribution in [0.4, 0.5) is 4.39 Å². The molecule has 1 amide bonds. The van der Waals surface area contributed by atoms with E-state index in [1.54, 1.807) is 11.7 Å². The summed E-state index contributed by atoms with van der Waals surface area (Å²) in [5.74, 6) is 0.215. The third-order valence-electron chi connectivity index (χ3n) is 2.84. The zero-order chi connectivity index (χ0) is 14.5. The van der Waals surface area contributed by atoms with Crippen LogP contribution in [0.5, 0.6) is 0 Å². The molecular weight excluding hydrogens is 283 g/mol. The van der Waals surface area contributed by atoms with Gasteiger partial charge < -0.3 is 5.32 Å². The Morgan fingerprint density at radius 1 is 1.50 bits per heavy atom. The molecular formula is C13H14ClFN4O. The molecule has 1 heterocycles. The number of nitrogens with one attached hydrogen (secondary N) is 1. The van der Waals surface area contributed by atoms with Gasteiger partial charge in [-0.25, -0.2) is 9.37 Å². The molecule has 2 aromatic rings. The molecule has 0 atom stereocenters. The van der Waals surface area contributed by atoms with E-state index in [2.05, 4.69) is 15.4 Å². The van der Waals surface area contributed by atoms with Crippen molar-refractivity contribution in [2.75, 3.05) is 6.54 Å². The third kappa shape index (κ3) is 3.77. The van der Waals surface area contributed by atoms with Gasteiger partial charge in [-0.2, -0.15) is 5.10 Å². The predicted molar refractivity (Wildman–Crippen MR) is 72.8 cm³/mol. The first-order valence-electron chi connectivity index (χ1n) is 6.10. The molecule has 0 fully saturated rings. The molecule has 0 aliphatic heterocycles. The molecule has 0 saturated heterocycles. The van der Waals surface area contributed by atoms with Gasteiger partial charge in [-0.15, -0.1) is 0 Å². The van der Waals surface area contributed by atoms with Crippen molar-refractivity contribution in [1.29, 1.82) is 0 Å². The van der Waals surface area contributed by atoms with Crippen molar-refractivity contribution in [1.82, 2.24) is 20.1 Å². The summed E-state index contributed by atoms with van der Waals surface area (Å²) in [6, 6.07) is 4.00. The van der Waals surface area contributed by atoms with Crippen LogP contribution in [-0.4, -0.2) is 27.2 Å². The fourth-order valence-electron chi connectivity index (χ4n) is 1.76. The van der Waals surface area contributed by atoms with Gasteiger partial charge in [-0.1, -0.05) is 17.7 Å². The Bertz CT molecular complexity index is 614. The summed E-state index contributed by atoms with van der Waals surface area (Å²) in [6.07, 6.45) is 2.19. The maximum Gasteiger partial charge on any atom is 0.224 e. The lowest BCUT2D eigenvalue weighted by atomic mass is 10.1. The Morgan fingerprint density at radius 3 is 2.95 bits per heavy atom. The lowest BCUT2D eigenvalue weighted by Gasteiger charge is -2.06. The van der Waals surface area contributed by atoms with Gasteiger partial charge in [-0.3, -0.25) is 9.48 Å². The minimum absolute atomic E-state index is 0.123. The highest BCUT2D eigenvalue weighted by Crippen LogP contribution is 2.17. The number of aryl methyl sites for hydroxylation is 1. The summed E-state index contributed by atoms with van der Waals surface area (Å²) in [6.45, 7) is 0.462. The van der Waals surface area contributed by atoms with E-state index in [0.717, 1.165) is 5.82 Å². The molecule has 0 saturated carbocycles. The molecule has 7 heteroatoms. The molecule has 0 unspecified atom stereocenters. The number of nitrogens with zero attached hydrogens (tertiary/aromatic N) is 3. The number of hydrogen-bond donors (Lipinski definition) is 1. The number of carbonyl (C=O) groups is 1. The van der Waals surface area contributed by atoms with E-state index in [1.165, 1.54) is 24.5 Å². The van der Waals surface area contributed by atoms with Crippen molar-refractivity contribution in [2.24, 2.45) is 7.05 Å². The molecule has 0 spiro atoms. The lowest BCUT2D eigenvalue weighted by molar-refractivity contribution is -0.120. The number of benzene rings is 1. The van der Waals surface area contributed by atoms with Crippen LogP contribution in [-0.2, 0) is 24.7 Å². The van der Waals surface area contributed by atoms with Gasteiger partial charge in [-0.05, 0) is 17.7 Å². The van der Waals surface area contributed by atoms with Gasteiger partial charge in [0.2, 0.25) is 5.91 Å². The Kier molecular flexibility index (Phi) is 4.68. The van der Waals surface area contributed by atoms with Crippen LogP contribution in [0.15, 0.2) is 24.5 Å². The second kappa shape index (κ2) is 6.47. The minimum Gasteiger partial charge on any atom is -0.355 e. The molecule has 0 radical (unpaired) electrons. The van der Waals surface area contributed by atoms with Gasteiger partial charge in [0.15, 0.2) is 0 Å². The molecule has 5 nitrogen and oxygen atoms in total. The second-order valence-electron chi connectivity index (χ2n) is 4.31. The topological polar surface area (TPSA) is 59.8 Å². The summed E-state index contributed by atoms with van der Waals surface area (Å²) < 4.78 is 14.5. The predicted octanol–water partition coefficient (Wildman–Crippen LogP) is 1.51. The van der Waals surface area contributed by atoms with Crippen LogP contribution in [0.3, 0.4) is 0 Å². The quantitative estimate of drug-likeness (QED) is 0.910. The largest absolute Gasteiger partial charge is 0.355 e. The second-order valence-corrected chi connectivity index (χ2v) is 4.72. The van der Waals surface area contributed by atoms with Crippen LogP contribution in [0.2, 0.25) is 5.02 Å². The Balaban J connectivity index is 1.82. The number of carbonyl (C=O) groups excluding carboxylic acids is 1. The van der Waals surface area contributed by atoms with E-state index in [0.29, 0.717) is 18.5 Å². The standard InChI is InChI=1S/C13H14ClFN4O/c1-19-12(17-8-18-19)4-5-16-13(20)6-9-2-3-10(15)7-11(9)14/h2-3,7-8H,4-6H2,1H3,(H,16,20). The van der Waals surface area contributed by atoms with E-state index < -0.39 is 5.82 Å². The number of aromatic nitrogens is 3. The fraction of sp³-hybridized carbons (Fsp3) is 0.308. The van der Waals surface area contributed by atoms with Crippen molar-refractivity contribution in [3.63, 3.8) is 0 Å². The molecule has 2 rings (SSSR count). The zero-order valence-corrected chi connectivity index (χ0v) is 11.7. The maximum absolute atomic E-state index is 12.9. The van der Waals surface area contributed by atoms with Gasteiger partial charge in [0.05, 0.1) is 6.42 Å². The first-order valence-corrected chi connectivity index (χ1v) is 6.47. The summed E-state index contributed by atoms with van der Waals surface area (Å²) in [7, 11) is 1.79. The first kappa shape index (κ1) is 14.5. The smallest absolute Gasteiger partial charge is 0.224 e. The van der Waals surface area contributed by atoms with Crippen LogP contribution in [0, 0.1) is 5.82 Å². The normalized spacial score (nSPS) is 10.6. The van der Waals surface area contributed by atoms with E-state index >= 15 is 0 Å². The summed E-state index contributed by atoms with van der Waals surface area (Å²) in [5.41, 5.74) is 0.601. The molecule has 1 aromatic carbocycles. The Morgan fingerprint density at radius 2 is 2.30 bits per heavy atom. The van der Waals surface area contributed by atoms with Crippen LogP contribution >= 0.6 is 11.6 Å². The summed E-state index contributed by atoms with van der Waals surface area (Å²) >= 11 is 5.87. The van der Waals surface area contributed by atoms with E-state index in [1.807, 2.05) is 0 Å². The van der Waals surface area contributed by atoms with E-state index in [4.69, 9.17) is 11.6 Å². The van der Waals surface area contributed by atoms with Crippen LogP contribution in [0.25, 0.3) is 0 Å². The summed E-state index contributed by atoms with van der Waals surface area (Å²) in [4.78, 5) is 15.8. The van der Waals surface area contributed by atoms with Gasteiger partial charge >= 0.3 is 0 Å². The van der Waals surface area contributed by atoms with Gasteiger partial charge in [0.25, 0.3) is 0 Å². The number of halogens is 2. The minimum atomic E-state index is -0.415. The molecule has 0 bridgehead atoms. The SMILES string of the molecule is Cn1ncnc1CCNC(=O)Cc1ccc(F)cc1Cl. The number of rotatable bonds is 5. The molecule has 1 N–H and O–H groups in total. The van der Waals surface area contributed by atoms with Crippen molar-refractivity contribution >= 4 is 17.5 Å². The van der Waals surface area contributed by atoms with E-state index in [9.17, 15) is 9.18 Å². The monoisotopic (exact) mass is 296 g/mol. The average molecular weight is 297 g/mol. The first-order chi connectivity index (χ1) is 9.56. The Hall–Kier alpha value is -1.95. The fourth-order valence-corrected chi connectivity index (χ4v) is 1.99. The number of hydrogen-bond acceptors (Lipinski definition) is 3. The molecule has 1 aromatic heterocycles. The van der Waals surface area contributed by atoms with E-state index in [-0.39, 0.29) is 17.4 Å². The highest BCUT2D eigenvalue weighted by atomic mass is 35.5. The zero-order valence-electron chi connectivity index (χ0n) is 10.9. The summed E-state index contributed by atoms with van der Waals surface area (Å²) in [5, 5.41) is 6.97. The lowest BCUT2D eigenvalue weighted by Crippen LogP contribution is -2.28. The maximum atomic E-state index is 12.9. The van der Waals surface area contributed by atoms with Crippen LogP contribution in [0.1, 0.15) is 11.4 Å². The van der Waals surface area contributed by atoms with Crippen molar-refractivity contribution in [2.45, 2.75) is 12.8 Å². The highest BCUT2D eigenvalue weighted by Gasteiger charge is 2.08. The third-order valence-corrected chi connectivity index (χ3v) is 3.19. The van der Waals surface area contributed by atoms with Gasteiger partial charge in [0, 0.05) is 25.0 Å². The van der Waals surface area contributed by atoms with Crippen LogP contribution < -0.4 is 5.32 Å². The average Bonchev–Trinajstić information content (AvgIpc) is 2.79. The molecule has 0 aliphatic carbocycles. The Labute approximate surface area is 120 Å². The highest BCUT2D eigenvalue weighted by molar-refractivity contribution is 6.31. The van der Waals surface area contributed by atoms with Crippen molar-refractivity contribution in [3.05, 3.63) is 46.8 Å². The van der Waals surface area contributed by atoms with Gasteiger partial charge in [0.1, 0.15) is 18.0 Å². The van der Waals surface area contributed by atoms with Crippen molar-refractivity contribution in [3.8, 4) is 0 Å². The molecule has 0 aliphatic rings. The molecule has 20 heavy (non-hydrogen) atoms. The number of amides is 1.